The summed E-state index contributed by atoms with van der Waals surface area (Å²) < 4.78 is 17.4. The first kappa shape index (κ1) is 19.6. The lowest BCUT2D eigenvalue weighted by molar-refractivity contribution is -0.156. The predicted molar refractivity (Wildman–Crippen MR) is 96.9 cm³/mol. The second kappa shape index (κ2) is 8.58. The van der Waals surface area contributed by atoms with E-state index in [2.05, 4.69) is 0 Å². The van der Waals surface area contributed by atoms with Gasteiger partial charge in [-0.2, -0.15) is 0 Å². The average Bonchev–Trinajstić information content (AvgIpc) is 2.54. The number of carboxylic acids is 1. The summed E-state index contributed by atoms with van der Waals surface area (Å²) in [5.41, 5.74) is -0.556. The largest absolute Gasteiger partial charge is 0.507 e. The molecule has 2 rings (SSSR count). The molecule has 0 spiro atoms. The van der Waals surface area contributed by atoms with Gasteiger partial charge in [0.25, 0.3) is 0 Å². The first-order chi connectivity index (χ1) is 12.2. The topological polar surface area (TPSA) is 85.2 Å². The molecule has 0 saturated heterocycles. The second-order valence-corrected chi connectivity index (χ2v) is 6.71. The van der Waals surface area contributed by atoms with Crippen molar-refractivity contribution in [1.29, 1.82) is 0 Å². The first-order valence-electron chi connectivity index (χ1n) is 8.33. The zero-order valence-corrected chi connectivity index (χ0v) is 15.1. The number of aromatic hydroxyl groups is 1. The molecule has 0 bridgehead atoms. The summed E-state index contributed by atoms with van der Waals surface area (Å²) in [7, 11) is 0. The van der Waals surface area contributed by atoms with Gasteiger partial charge in [-0.3, -0.25) is 0 Å². The third kappa shape index (κ3) is 6.29. The molecule has 0 aromatic heterocycles. The summed E-state index contributed by atoms with van der Waals surface area (Å²) >= 11 is 0. The zero-order chi connectivity index (χ0) is 19.2. The molecule has 0 amide bonds. The Morgan fingerprint density at radius 2 is 1.77 bits per heavy atom. The molecule has 0 aliphatic rings. The summed E-state index contributed by atoms with van der Waals surface area (Å²) in [6.45, 7) is 6.10. The van der Waals surface area contributed by atoms with Crippen molar-refractivity contribution in [3.05, 3.63) is 54.1 Å². The number of hydrogen-bond donors (Lipinski definition) is 2. The number of carbonyl (C=O) groups is 1. The monoisotopic (exact) mass is 360 g/mol. The first-order valence-corrected chi connectivity index (χ1v) is 8.33. The number of benzene rings is 2. The van der Waals surface area contributed by atoms with Crippen LogP contribution in [0.4, 0.5) is 0 Å². The smallest absolute Gasteiger partial charge is 0.339 e. The molecule has 1 unspecified atom stereocenters. The molecule has 2 N–H and O–H groups in total. The van der Waals surface area contributed by atoms with Crippen molar-refractivity contribution in [3.8, 4) is 17.2 Å². The Labute approximate surface area is 152 Å². The molecule has 26 heavy (non-hydrogen) atoms. The highest BCUT2D eigenvalue weighted by Crippen LogP contribution is 2.24. The van der Waals surface area contributed by atoms with Gasteiger partial charge in [0.1, 0.15) is 22.8 Å². The van der Waals surface area contributed by atoms with E-state index < -0.39 is 12.3 Å². The molecule has 0 aliphatic heterocycles. The van der Waals surface area contributed by atoms with Crippen molar-refractivity contribution in [2.24, 2.45) is 0 Å². The van der Waals surface area contributed by atoms with E-state index in [4.69, 9.17) is 19.3 Å². The molecule has 140 valence electrons. The summed E-state index contributed by atoms with van der Waals surface area (Å²) in [6, 6.07) is 13.5. The molecule has 0 saturated carbocycles. The van der Waals surface area contributed by atoms with Crippen molar-refractivity contribution >= 4 is 5.97 Å². The molecule has 0 radical (unpaired) electrons. The lowest BCUT2D eigenvalue weighted by Gasteiger charge is -2.28. The Hall–Kier alpha value is -2.73. The number of para-hydroxylation sites is 1. The molecular weight excluding hydrogens is 336 g/mol. The minimum atomic E-state index is -1.19. The van der Waals surface area contributed by atoms with Gasteiger partial charge in [-0.15, -0.1) is 0 Å². The molecule has 2 aromatic rings. The van der Waals surface area contributed by atoms with E-state index in [1.54, 1.807) is 0 Å². The van der Waals surface area contributed by atoms with Crippen LogP contribution >= 0.6 is 0 Å². The Balaban J connectivity index is 1.96. The Morgan fingerprint density at radius 3 is 2.35 bits per heavy atom. The molecule has 0 heterocycles. The van der Waals surface area contributed by atoms with Gasteiger partial charge in [-0.25, -0.2) is 4.79 Å². The van der Waals surface area contributed by atoms with E-state index >= 15 is 0 Å². The maximum absolute atomic E-state index is 10.9. The molecule has 1 atom stereocenters. The average molecular weight is 360 g/mol. The van der Waals surface area contributed by atoms with Crippen LogP contribution < -0.4 is 9.47 Å². The molecule has 0 fully saturated rings. The van der Waals surface area contributed by atoms with E-state index in [0.29, 0.717) is 17.9 Å². The van der Waals surface area contributed by atoms with Crippen molar-refractivity contribution in [2.75, 3.05) is 6.61 Å². The van der Waals surface area contributed by atoms with Crippen LogP contribution in [-0.2, 0) is 4.74 Å². The minimum absolute atomic E-state index is 0.168. The Bertz CT molecular complexity index is 721. The predicted octanol–water partition coefficient (Wildman–Crippen LogP) is 4.08. The van der Waals surface area contributed by atoms with Crippen molar-refractivity contribution in [1.82, 2.24) is 0 Å². The van der Waals surface area contributed by atoms with Gasteiger partial charge in [0.2, 0.25) is 6.29 Å². The maximum atomic E-state index is 10.9. The van der Waals surface area contributed by atoms with Gasteiger partial charge in [0, 0.05) is 12.5 Å². The highest BCUT2D eigenvalue weighted by molar-refractivity contribution is 5.90. The van der Waals surface area contributed by atoms with E-state index in [-0.39, 0.29) is 23.5 Å². The number of hydrogen-bond acceptors (Lipinski definition) is 5. The fraction of sp³-hybridized carbons (Fsp3) is 0.350. The highest BCUT2D eigenvalue weighted by Gasteiger charge is 2.20. The molecule has 2 aromatic carbocycles. The molecule has 6 nitrogen and oxygen atoms in total. The van der Waals surface area contributed by atoms with Gasteiger partial charge in [-0.05, 0) is 45.0 Å². The normalized spacial score (nSPS) is 12.4. The molecular formula is C20H24O6. The van der Waals surface area contributed by atoms with Crippen LogP contribution in [0.2, 0.25) is 0 Å². The standard InChI is InChI=1S/C20H24O6/c1-20(2,3)26-18(25-14-7-5-4-6-8-14)11-12-24-15-9-10-16(19(22)23)17(21)13-15/h4-10,13,18,21H,11-12H2,1-3H3,(H,22,23). The van der Waals surface area contributed by atoms with Gasteiger partial charge in [0.05, 0.1) is 12.2 Å². The lowest BCUT2D eigenvalue weighted by Crippen LogP contribution is -2.32. The van der Waals surface area contributed by atoms with Crippen LogP contribution in [0.3, 0.4) is 0 Å². The summed E-state index contributed by atoms with van der Waals surface area (Å²) in [5.74, 6) is -0.450. The van der Waals surface area contributed by atoms with E-state index in [0.717, 1.165) is 0 Å². The highest BCUT2D eigenvalue weighted by atomic mass is 16.7. The van der Waals surface area contributed by atoms with Crippen LogP contribution in [0.25, 0.3) is 0 Å². The SMILES string of the molecule is CC(C)(C)OC(CCOc1ccc(C(=O)O)c(O)c1)Oc1ccccc1. The van der Waals surface area contributed by atoms with Crippen molar-refractivity contribution in [3.63, 3.8) is 0 Å². The van der Waals surface area contributed by atoms with Crippen LogP contribution in [0.15, 0.2) is 48.5 Å². The number of phenols is 1. The lowest BCUT2D eigenvalue weighted by atomic mass is 10.2. The fourth-order valence-electron chi connectivity index (χ4n) is 2.24. The second-order valence-electron chi connectivity index (χ2n) is 6.71. The van der Waals surface area contributed by atoms with E-state index in [9.17, 15) is 9.90 Å². The summed E-state index contributed by atoms with van der Waals surface area (Å²) in [5, 5.41) is 18.6. The van der Waals surface area contributed by atoms with Crippen molar-refractivity contribution < 1.29 is 29.2 Å². The van der Waals surface area contributed by atoms with Crippen molar-refractivity contribution in [2.45, 2.75) is 39.1 Å². The molecule has 6 heteroatoms. The summed E-state index contributed by atoms with van der Waals surface area (Å²) in [6.07, 6.45) is -0.0579. The molecule has 0 aliphatic carbocycles. The van der Waals surface area contributed by atoms with Gasteiger partial charge in [0.15, 0.2) is 0 Å². The van der Waals surface area contributed by atoms with E-state index in [1.807, 2.05) is 51.1 Å². The Morgan fingerprint density at radius 1 is 1.08 bits per heavy atom. The maximum Gasteiger partial charge on any atom is 0.339 e. The number of rotatable bonds is 8. The minimum Gasteiger partial charge on any atom is -0.507 e. The third-order valence-electron chi connectivity index (χ3n) is 3.32. The Kier molecular flexibility index (Phi) is 6.46. The van der Waals surface area contributed by atoms with Crippen LogP contribution in [-0.4, -0.2) is 34.7 Å². The third-order valence-corrected chi connectivity index (χ3v) is 3.32. The zero-order valence-electron chi connectivity index (χ0n) is 15.1. The fourth-order valence-corrected chi connectivity index (χ4v) is 2.24. The summed E-state index contributed by atoms with van der Waals surface area (Å²) in [4.78, 5) is 10.9. The number of ether oxygens (including phenoxy) is 3. The number of carboxylic acid groups (broad SMARTS) is 1. The quantitative estimate of drug-likeness (QED) is 0.690. The number of aromatic carboxylic acids is 1. The van der Waals surface area contributed by atoms with Gasteiger partial charge < -0.3 is 24.4 Å². The van der Waals surface area contributed by atoms with Gasteiger partial charge >= 0.3 is 5.97 Å². The van der Waals surface area contributed by atoms with E-state index in [1.165, 1.54) is 18.2 Å². The van der Waals surface area contributed by atoms with Gasteiger partial charge in [-0.1, -0.05) is 18.2 Å². The van der Waals surface area contributed by atoms with Crippen LogP contribution in [0.1, 0.15) is 37.6 Å². The van der Waals surface area contributed by atoms with Crippen LogP contribution in [0.5, 0.6) is 17.2 Å². The van der Waals surface area contributed by atoms with Crippen LogP contribution in [0, 0.1) is 0 Å².